The summed E-state index contributed by atoms with van der Waals surface area (Å²) in [5.74, 6) is 0.196. The van der Waals surface area contributed by atoms with Crippen molar-refractivity contribution in [1.29, 1.82) is 0 Å². The molecule has 5 nitrogen and oxygen atoms in total. The van der Waals surface area contributed by atoms with Crippen molar-refractivity contribution in [1.82, 2.24) is 4.72 Å². The molecule has 0 spiro atoms. The maximum atomic E-state index is 12.1. The van der Waals surface area contributed by atoms with Crippen LogP contribution in [-0.2, 0) is 10.0 Å². The Labute approximate surface area is 121 Å². The van der Waals surface area contributed by atoms with Crippen molar-refractivity contribution in [3.63, 3.8) is 0 Å². The second-order valence-corrected chi connectivity index (χ2v) is 7.52. The van der Waals surface area contributed by atoms with E-state index < -0.39 is 10.0 Å². The third-order valence-electron chi connectivity index (χ3n) is 3.34. The van der Waals surface area contributed by atoms with Crippen LogP contribution < -0.4 is 10.5 Å². The Kier molecular flexibility index (Phi) is 4.50. The lowest BCUT2D eigenvalue weighted by molar-refractivity contribution is 0.178. The van der Waals surface area contributed by atoms with Gasteiger partial charge in [0.25, 0.3) is 0 Å². The number of hydrogen-bond donors (Lipinski definition) is 3. The van der Waals surface area contributed by atoms with E-state index in [0.717, 1.165) is 17.3 Å². The standard InChI is InChI=1S/C12H17BrN2O3S/c13-9-2-4-12(11(14)6-9)19(17,18)15-7-8-1-3-10(16)5-8/h2,4,6,8,10,15-16H,1,3,5,7,14H2. The molecule has 2 unspecified atom stereocenters. The Morgan fingerprint density at radius 1 is 1.42 bits per heavy atom. The minimum Gasteiger partial charge on any atom is -0.398 e. The SMILES string of the molecule is Nc1cc(Br)ccc1S(=O)(=O)NCC1CCC(O)C1. The summed E-state index contributed by atoms with van der Waals surface area (Å²) in [6.07, 6.45) is 1.94. The van der Waals surface area contributed by atoms with E-state index in [0.29, 0.717) is 13.0 Å². The molecule has 2 atom stereocenters. The fraction of sp³-hybridized carbons (Fsp3) is 0.500. The summed E-state index contributed by atoms with van der Waals surface area (Å²) < 4.78 is 27.6. The lowest BCUT2D eigenvalue weighted by Crippen LogP contribution is -2.29. The molecular formula is C12H17BrN2O3S. The van der Waals surface area contributed by atoms with E-state index in [1.165, 1.54) is 6.07 Å². The Morgan fingerprint density at radius 3 is 2.74 bits per heavy atom. The molecule has 1 aromatic carbocycles. The molecule has 0 aliphatic heterocycles. The zero-order valence-corrected chi connectivity index (χ0v) is 12.7. The Balaban J connectivity index is 2.06. The van der Waals surface area contributed by atoms with Gasteiger partial charge in [-0.15, -0.1) is 0 Å². The van der Waals surface area contributed by atoms with Crippen molar-refractivity contribution >= 4 is 31.6 Å². The van der Waals surface area contributed by atoms with Gasteiger partial charge in [0.2, 0.25) is 10.0 Å². The Bertz CT molecular complexity index is 562. The predicted molar refractivity (Wildman–Crippen MR) is 77.1 cm³/mol. The fourth-order valence-corrected chi connectivity index (χ4v) is 3.91. The van der Waals surface area contributed by atoms with Crippen LogP contribution in [0.5, 0.6) is 0 Å². The van der Waals surface area contributed by atoms with Crippen LogP contribution in [0.2, 0.25) is 0 Å². The molecule has 2 rings (SSSR count). The van der Waals surface area contributed by atoms with E-state index in [4.69, 9.17) is 5.73 Å². The van der Waals surface area contributed by atoms with Gasteiger partial charge in [0.05, 0.1) is 11.8 Å². The van der Waals surface area contributed by atoms with E-state index in [-0.39, 0.29) is 22.6 Å². The highest BCUT2D eigenvalue weighted by Crippen LogP contribution is 2.26. The number of nitrogen functional groups attached to an aromatic ring is 1. The van der Waals surface area contributed by atoms with Crippen LogP contribution in [0.25, 0.3) is 0 Å². The number of benzene rings is 1. The van der Waals surface area contributed by atoms with Gasteiger partial charge in [-0.25, -0.2) is 13.1 Å². The van der Waals surface area contributed by atoms with Gasteiger partial charge in [0, 0.05) is 11.0 Å². The van der Waals surface area contributed by atoms with Gasteiger partial charge < -0.3 is 10.8 Å². The van der Waals surface area contributed by atoms with Gasteiger partial charge in [-0.05, 0) is 43.4 Å². The van der Waals surface area contributed by atoms with Gasteiger partial charge in [-0.1, -0.05) is 15.9 Å². The quantitative estimate of drug-likeness (QED) is 0.718. The van der Waals surface area contributed by atoms with Crippen molar-refractivity contribution in [2.24, 2.45) is 5.92 Å². The average Bonchev–Trinajstić information content (AvgIpc) is 2.72. The van der Waals surface area contributed by atoms with E-state index >= 15 is 0 Å². The molecule has 0 radical (unpaired) electrons. The van der Waals surface area contributed by atoms with Gasteiger partial charge >= 0.3 is 0 Å². The highest BCUT2D eigenvalue weighted by atomic mass is 79.9. The molecule has 7 heteroatoms. The van der Waals surface area contributed by atoms with E-state index in [1.807, 2.05) is 0 Å². The van der Waals surface area contributed by atoms with Crippen molar-refractivity contribution in [3.8, 4) is 0 Å². The van der Waals surface area contributed by atoms with Crippen molar-refractivity contribution in [2.75, 3.05) is 12.3 Å². The molecule has 19 heavy (non-hydrogen) atoms. The van der Waals surface area contributed by atoms with E-state index in [9.17, 15) is 13.5 Å². The van der Waals surface area contributed by atoms with Crippen molar-refractivity contribution < 1.29 is 13.5 Å². The Morgan fingerprint density at radius 2 is 2.16 bits per heavy atom. The monoisotopic (exact) mass is 348 g/mol. The summed E-state index contributed by atoms with van der Waals surface area (Å²) in [7, 11) is -3.59. The third-order valence-corrected chi connectivity index (χ3v) is 5.33. The lowest BCUT2D eigenvalue weighted by Gasteiger charge is -2.13. The smallest absolute Gasteiger partial charge is 0.242 e. The molecule has 1 fully saturated rings. The van der Waals surface area contributed by atoms with Crippen molar-refractivity contribution in [2.45, 2.75) is 30.3 Å². The van der Waals surface area contributed by atoms with Crippen LogP contribution >= 0.6 is 15.9 Å². The number of hydrogen-bond acceptors (Lipinski definition) is 4. The van der Waals surface area contributed by atoms with Crippen LogP contribution in [0.15, 0.2) is 27.6 Å². The number of aliphatic hydroxyl groups excluding tert-OH is 1. The summed E-state index contributed by atoms with van der Waals surface area (Å²) in [4.78, 5) is 0.0919. The number of halogens is 1. The molecular weight excluding hydrogens is 332 g/mol. The second kappa shape index (κ2) is 5.78. The van der Waals surface area contributed by atoms with E-state index in [1.54, 1.807) is 12.1 Å². The van der Waals surface area contributed by atoms with Crippen LogP contribution in [-0.4, -0.2) is 26.2 Å². The first-order valence-electron chi connectivity index (χ1n) is 6.11. The second-order valence-electron chi connectivity index (χ2n) is 4.87. The van der Waals surface area contributed by atoms with E-state index in [2.05, 4.69) is 20.7 Å². The van der Waals surface area contributed by atoms with Gasteiger partial charge in [-0.2, -0.15) is 0 Å². The minimum atomic E-state index is -3.59. The first-order chi connectivity index (χ1) is 8.88. The zero-order chi connectivity index (χ0) is 14.0. The number of rotatable bonds is 4. The van der Waals surface area contributed by atoms with Crippen molar-refractivity contribution in [3.05, 3.63) is 22.7 Å². The normalized spacial score (nSPS) is 23.7. The topological polar surface area (TPSA) is 92.4 Å². The predicted octanol–water partition coefficient (Wildman–Crippen LogP) is 1.47. The number of anilines is 1. The van der Waals surface area contributed by atoms with Gasteiger partial charge in [0.1, 0.15) is 4.90 Å². The number of aliphatic hydroxyl groups is 1. The first-order valence-corrected chi connectivity index (χ1v) is 8.39. The number of nitrogens with one attached hydrogen (secondary N) is 1. The molecule has 1 aliphatic rings. The summed E-state index contributed by atoms with van der Waals surface area (Å²) in [5.41, 5.74) is 5.94. The van der Waals surface area contributed by atoms with Crippen LogP contribution in [0.4, 0.5) is 5.69 Å². The van der Waals surface area contributed by atoms with Crippen LogP contribution in [0.1, 0.15) is 19.3 Å². The third kappa shape index (κ3) is 3.68. The molecule has 0 aromatic heterocycles. The highest BCUT2D eigenvalue weighted by Gasteiger charge is 2.25. The highest BCUT2D eigenvalue weighted by molar-refractivity contribution is 9.10. The maximum Gasteiger partial charge on any atom is 0.242 e. The molecule has 0 heterocycles. The molecule has 1 aliphatic carbocycles. The zero-order valence-electron chi connectivity index (χ0n) is 10.3. The number of nitrogens with two attached hydrogens (primary N) is 1. The lowest BCUT2D eigenvalue weighted by atomic mass is 10.1. The van der Waals surface area contributed by atoms with Gasteiger partial charge in [0.15, 0.2) is 0 Å². The molecule has 1 aromatic rings. The molecule has 0 saturated heterocycles. The summed E-state index contributed by atoms with van der Waals surface area (Å²) >= 11 is 3.24. The molecule has 106 valence electrons. The average molecular weight is 349 g/mol. The van der Waals surface area contributed by atoms with Crippen LogP contribution in [0.3, 0.4) is 0 Å². The Hall–Kier alpha value is -0.630. The van der Waals surface area contributed by atoms with Crippen LogP contribution in [0, 0.1) is 5.92 Å². The molecule has 4 N–H and O–H groups in total. The maximum absolute atomic E-state index is 12.1. The summed E-state index contributed by atoms with van der Waals surface area (Å²) in [6.45, 7) is 0.342. The molecule has 0 bridgehead atoms. The molecule has 0 amide bonds. The summed E-state index contributed by atoms with van der Waals surface area (Å²) in [6, 6.07) is 4.68. The number of sulfonamides is 1. The van der Waals surface area contributed by atoms with Gasteiger partial charge in [-0.3, -0.25) is 0 Å². The fourth-order valence-electron chi connectivity index (χ4n) is 2.30. The largest absolute Gasteiger partial charge is 0.398 e. The first kappa shape index (κ1) is 14.8. The molecule has 1 saturated carbocycles. The summed E-state index contributed by atoms with van der Waals surface area (Å²) in [5, 5.41) is 9.42. The minimum absolute atomic E-state index is 0.0919.